The number of aromatic amines is 1. The van der Waals surface area contributed by atoms with Crippen molar-refractivity contribution in [2.24, 2.45) is 0 Å². The molecule has 0 unspecified atom stereocenters. The van der Waals surface area contributed by atoms with Crippen molar-refractivity contribution in [1.29, 1.82) is 0 Å². The minimum Gasteiger partial charge on any atom is -0.373 e. The zero-order chi connectivity index (χ0) is 18.6. The van der Waals surface area contributed by atoms with Gasteiger partial charge in [0.05, 0.1) is 12.2 Å². The van der Waals surface area contributed by atoms with Gasteiger partial charge in [-0.1, -0.05) is 0 Å². The molecule has 25 heavy (non-hydrogen) atoms. The van der Waals surface area contributed by atoms with Crippen LogP contribution in [0.5, 0.6) is 0 Å². The lowest BCUT2D eigenvalue weighted by molar-refractivity contribution is -0.207. The van der Waals surface area contributed by atoms with E-state index in [1.54, 1.807) is 13.8 Å². The predicted octanol–water partition coefficient (Wildman–Crippen LogP) is 0.473. The molecule has 4 atom stereocenters. The number of fused-ring (bicyclic) bond motifs is 1. The highest BCUT2D eigenvalue weighted by Gasteiger charge is 2.56. The number of nitrogens with one attached hydrogen (secondary N) is 1. The number of H-pyrrole nitrogens is 1. The molecule has 9 nitrogen and oxygen atoms in total. The molecule has 1 N–H and O–H groups in total. The number of ether oxygens (including phenoxy) is 4. The molecule has 0 aliphatic carbocycles. The van der Waals surface area contributed by atoms with Gasteiger partial charge in [-0.05, 0) is 41.5 Å². The summed E-state index contributed by atoms with van der Waals surface area (Å²) in [7, 11) is 0. The molecule has 0 radical (unpaired) electrons. The van der Waals surface area contributed by atoms with Crippen LogP contribution in [0.1, 0.15) is 46.5 Å². The molecule has 1 aromatic rings. The van der Waals surface area contributed by atoms with Gasteiger partial charge >= 0.3 is 5.69 Å². The second-order valence-electron chi connectivity index (χ2n) is 7.84. The van der Waals surface area contributed by atoms with E-state index >= 15 is 0 Å². The minimum atomic E-state index is -0.807. The van der Waals surface area contributed by atoms with Crippen molar-refractivity contribution in [3.05, 3.63) is 26.5 Å². The fourth-order valence-electron chi connectivity index (χ4n) is 2.99. The first-order chi connectivity index (χ1) is 11.5. The number of rotatable bonds is 3. The van der Waals surface area contributed by atoms with Crippen LogP contribution in [0.3, 0.4) is 0 Å². The van der Waals surface area contributed by atoms with Crippen LogP contribution < -0.4 is 11.2 Å². The fourth-order valence-corrected chi connectivity index (χ4v) is 2.99. The topological polar surface area (TPSA) is 105 Å². The first-order valence-electron chi connectivity index (χ1n) is 8.32. The molecule has 0 aromatic carbocycles. The maximum absolute atomic E-state index is 12.2. The number of hydrogen-bond acceptors (Lipinski definition) is 7. The van der Waals surface area contributed by atoms with E-state index in [0.717, 1.165) is 4.68 Å². The van der Waals surface area contributed by atoms with Crippen LogP contribution in [0.15, 0.2) is 9.59 Å². The molecule has 140 valence electrons. The van der Waals surface area contributed by atoms with Crippen LogP contribution in [-0.4, -0.2) is 51.1 Å². The Bertz CT molecular complexity index is 762. The molecule has 0 saturated carbocycles. The Kier molecular flexibility index (Phi) is 4.39. The van der Waals surface area contributed by atoms with E-state index in [-0.39, 0.29) is 17.9 Å². The van der Waals surface area contributed by atoms with E-state index in [4.69, 9.17) is 18.9 Å². The number of aromatic nitrogens is 3. The van der Waals surface area contributed by atoms with Gasteiger partial charge in [0.25, 0.3) is 5.56 Å². The molecule has 2 fully saturated rings. The highest BCUT2D eigenvalue weighted by molar-refractivity contribution is 4.98. The third kappa shape index (κ3) is 3.69. The van der Waals surface area contributed by atoms with E-state index in [1.165, 1.54) is 6.92 Å². The maximum atomic E-state index is 12.2. The third-order valence-electron chi connectivity index (χ3n) is 4.06. The van der Waals surface area contributed by atoms with Gasteiger partial charge in [0.1, 0.15) is 24.0 Å². The van der Waals surface area contributed by atoms with Crippen molar-refractivity contribution in [2.45, 2.75) is 77.5 Å². The van der Waals surface area contributed by atoms with Gasteiger partial charge in [-0.25, -0.2) is 4.79 Å². The molecule has 0 amide bonds. The number of hydrogen-bond donors (Lipinski definition) is 1. The van der Waals surface area contributed by atoms with Crippen LogP contribution in [0.4, 0.5) is 0 Å². The average Bonchev–Trinajstić information content (AvgIpc) is 2.93. The van der Waals surface area contributed by atoms with E-state index in [9.17, 15) is 9.59 Å². The van der Waals surface area contributed by atoms with Gasteiger partial charge in [0.2, 0.25) is 0 Å². The number of nitrogens with zero attached hydrogens (tertiary/aromatic N) is 2. The van der Waals surface area contributed by atoms with Crippen LogP contribution in [0, 0.1) is 6.92 Å². The predicted molar refractivity (Wildman–Crippen MR) is 87.3 cm³/mol. The second kappa shape index (κ2) is 6.01. The molecule has 3 rings (SSSR count). The standard InChI is InChI=1S/C16H25N3O6/c1-8-12(20)17-14(21)19(18-8)13-11-10(24-16(5,6)25-11)9(23-13)7-22-15(2,3)4/h9-11,13H,7H2,1-6H3,(H,17,20,21)/t9-,10-,11-,13-/m1/s1. The van der Waals surface area contributed by atoms with Crippen LogP contribution >= 0.6 is 0 Å². The van der Waals surface area contributed by atoms with Crippen LogP contribution in [0.2, 0.25) is 0 Å². The van der Waals surface area contributed by atoms with Gasteiger partial charge in [0, 0.05) is 0 Å². The molecule has 2 saturated heterocycles. The largest absolute Gasteiger partial charge is 0.373 e. The molecule has 1 aromatic heterocycles. The summed E-state index contributed by atoms with van der Waals surface area (Å²) in [4.78, 5) is 26.0. The molecular formula is C16H25N3O6. The molecule has 0 spiro atoms. The SMILES string of the molecule is Cc1nn([C@@H]2O[C@H](COC(C)(C)C)[C@H]3OC(C)(C)O[C@H]32)c(=O)[nH]c1=O. The van der Waals surface area contributed by atoms with E-state index in [1.807, 2.05) is 20.8 Å². The fraction of sp³-hybridized carbons (Fsp3) is 0.812. The Morgan fingerprint density at radius 1 is 1.24 bits per heavy atom. The molecule has 3 heterocycles. The first kappa shape index (κ1) is 18.2. The zero-order valence-electron chi connectivity index (χ0n) is 15.4. The Morgan fingerprint density at radius 2 is 1.88 bits per heavy atom. The first-order valence-corrected chi connectivity index (χ1v) is 8.32. The Hall–Kier alpha value is -1.55. The highest BCUT2D eigenvalue weighted by atomic mass is 16.8. The van der Waals surface area contributed by atoms with Gasteiger partial charge in [-0.2, -0.15) is 9.78 Å². The van der Waals surface area contributed by atoms with Crippen LogP contribution in [-0.2, 0) is 18.9 Å². The Morgan fingerprint density at radius 3 is 2.52 bits per heavy atom. The summed E-state index contributed by atoms with van der Waals surface area (Å²) >= 11 is 0. The summed E-state index contributed by atoms with van der Waals surface area (Å²) in [6, 6.07) is 0. The van der Waals surface area contributed by atoms with E-state index < -0.39 is 41.6 Å². The summed E-state index contributed by atoms with van der Waals surface area (Å²) in [5.74, 6) is -0.807. The Labute approximate surface area is 145 Å². The second-order valence-corrected chi connectivity index (χ2v) is 7.84. The molecule has 9 heteroatoms. The smallest absolute Gasteiger partial charge is 0.347 e. The number of aryl methyl sites for hydroxylation is 1. The monoisotopic (exact) mass is 355 g/mol. The van der Waals surface area contributed by atoms with Crippen molar-refractivity contribution in [3.8, 4) is 0 Å². The van der Waals surface area contributed by atoms with Gasteiger partial charge in [-0.3, -0.25) is 9.78 Å². The normalized spacial score (nSPS) is 31.3. The van der Waals surface area contributed by atoms with Crippen molar-refractivity contribution in [1.82, 2.24) is 14.8 Å². The van der Waals surface area contributed by atoms with Crippen molar-refractivity contribution >= 4 is 0 Å². The molecule has 2 aliphatic rings. The van der Waals surface area contributed by atoms with Crippen molar-refractivity contribution in [3.63, 3.8) is 0 Å². The molecular weight excluding hydrogens is 330 g/mol. The van der Waals surface area contributed by atoms with Crippen molar-refractivity contribution < 1.29 is 18.9 Å². The lowest BCUT2D eigenvalue weighted by atomic mass is 10.1. The quantitative estimate of drug-likeness (QED) is 0.840. The summed E-state index contributed by atoms with van der Waals surface area (Å²) in [6.45, 7) is 11.3. The Balaban J connectivity index is 1.91. The van der Waals surface area contributed by atoms with E-state index in [0.29, 0.717) is 0 Å². The average molecular weight is 355 g/mol. The van der Waals surface area contributed by atoms with Gasteiger partial charge in [-0.15, -0.1) is 0 Å². The van der Waals surface area contributed by atoms with Crippen molar-refractivity contribution in [2.75, 3.05) is 6.61 Å². The summed E-state index contributed by atoms with van der Waals surface area (Å²) in [5, 5.41) is 4.06. The van der Waals surface area contributed by atoms with Gasteiger partial charge < -0.3 is 18.9 Å². The lowest BCUT2D eigenvalue weighted by Crippen LogP contribution is -2.40. The van der Waals surface area contributed by atoms with E-state index in [2.05, 4.69) is 10.1 Å². The third-order valence-corrected chi connectivity index (χ3v) is 4.06. The highest BCUT2D eigenvalue weighted by Crippen LogP contribution is 2.42. The molecule has 0 bridgehead atoms. The van der Waals surface area contributed by atoms with Gasteiger partial charge in [0.15, 0.2) is 12.0 Å². The zero-order valence-corrected chi connectivity index (χ0v) is 15.4. The maximum Gasteiger partial charge on any atom is 0.347 e. The summed E-state index contributed by atoms with van der Waals surface area (Å²) in [5.41, 5.74) is -1.33. The molecule has 2 aliphatic heterocycles. The summed E-state index contributed by atoms with van der Waals surface area (Å²) in [6.07, 6.45) is -2.15. The minimum absolute atomic E-state index is 0.173. The van der Waals surface area contributed by atoms with Crippen LogP contribution in [0.25, 0.3) is 0 Å². The lowest BCUT2D eigenvalue weighted by Gasteiger charge is -2.26. The summed E-state index contributed by atoms with van der Waals surface area (Å²) < 4.78 is 24.8.